The summed E-state index contributed by atoms with van der Waals surface area (Å²) in [5, 5.41) is 0. The lowest BCUT2D eigenvalue weighted by molar-refractivity contribution is 0.0663. The topological polar surface area (TPSA) is 9.23 Å². The van der Waals surface area contributed by atoms with Gasteiger partial charge < -0.3 is 17.7 Å². The lowest BCUT2D eigenvalue weighted by Gasteiger charge is -2.34. The van der Waals surface area contributed by atoms with Crippen LogP contribution in [-0.2, 0) is 4.74 Å². The van der Waals surface area contributed by atoms with Crippen LogP contribution in [0, 0.1) is 0 Å². The smallest absolute Gasteiger partial charge is 0.449 e. The monoisotopic (exact) mass is 181 g/mol. The lowest BCUT2D eigenvalue weighted by atomic mass is 9.64. The second kappa shape index (κ2) is 3.68. The van der Waals surface area contributed by atoms with Crippen molar-refractivity contribution in [1.29, 1.82) is 0 Å². The minimum atomic E-state index is -4.64. The SMILES string of the molecule is COC1CCCC([B-](F)(F)F)C1. The number of hydrogen-bond acceptors (Lipinski definition) is 1. The maximum Gasteiger partial charge on any atom is 0.481 e. The first-order chi connectivity index (χ1) is 5.54. The van der Waals surface area contributed by atoms with Gasteiger partial charge >= 0.3 is 6.98 Å². The van der Waals surface area contributed by atoms with Crippen LogP contribution in [0.2, 0.25) is 5.82 Å². The van der Waals surface area contributed by atoms with Crippen LogP contribution < -0.4 is 0 Å². The number of rotatable bonds is 2. The Morgan fingerprint density at radius 1 is 1.25 bits per heavy atom. The molecule has 0 radical (unpaired) electrons. The molecule has 72 valence electrons. The van der Waals surface area contributed by atoms with Crippen LogP contribution in [-0.4, -0.2) is 20.2 Å². The summed E-state index contributed by atoms with van der Waals surface area (Å²) in [4.78, 5) is 0. The molecule has 0 heterocycles. The summed E-state index contributed by atoms with van der Waals surface area (Å²) < 4.78 is 41.7. The van der Waals surface area contributed by atoms with Crippen molar-refractivity contribution < 1.29 is 17.7 Å². The van der Waals surface area contributed by atoms with Crippen LogP contribution in [0.15, 0.2) is 0 Å². The predicted octanol–water partition coefficient (Wildman–Crippen LogP) is 2.79. The summed E-state index contributed by atoms with van der Waals surface area (Å²) in [6, 6.07) is 0. The van der Waals surface area contributed by atoms with Gasteiger partial charge in [-0.15, -0.1) is 0 Å². The van der Waals surface area contributed by atoms with Gasteiger partial charge in [0.15, 0.2) is 0 Å². The highest BCUT2D eigenvalue weighted by Gasteiger charge is 2.37. The molecule has 12 heavy (non-hydrogen) atoms. The number of methoxy groups -OCH3 is 1. The van der Waals surface area contributed by atoms with E-state index < -0.39 is 12.8 Å². The first-order valence-corrected chi connectivity index (χ1v) is 4.26. The van der Waals surface area contributed by atoms with Crippen LogP contribution in [0.3, 0.4) is 0 Å². The molecule has 0 aliphatic heterocycles. The third-order valence-corrected chi connectivity index (χ3v) is 2.53. The first kappa shape index (κ1) is 9.90. The molecule has 1 aliphatic carbocycles. The van der Waals surface area contributed by atoms with Crippen molar-refractivity contribution in [3.63, 3.8) is 0 Å². The van der Waals surface area contributed by atoms with E-state index in [0.717, 1.165) is 6.42 Å². The van der Waals surface area contributed by atoms with Crippen LogP contribution in [0.25, 0.3) is 0 Å². The Morgan fingerprint density at radius 3 is 2.42 bits per heavy atom. The highest BCUT2D eigenvalue weighted by molar-refractivity contribution is 6.60. The fraction of sp³-hybridized carbons (Fsp3) is 1.00. The Morgan fingerprint density at radius 2 is 1.92 bits per heavy atom. The number of ether oxygens (including phenoxy) is 1. The molecule has 0 amide bonds. The third-order valence-electron chi connectivity index (χ3n) is 2.53. The first-order valence-electron chi connectivity index (χ1n) is 4.26. The molecule has 0 aromatic heterocycles. The van der Waals surface area contributed by atoms with Gasteiger partial charge in [-0.3, -0.25) is 0 Å². The molecule has 2 atom stereocenters. The van der Waals surface area contributed by atoms with Crippen molar-refractivity contribution in [2.75, 3.05) is 7.11 Å². The molecule has 1 nitrogen and oxygen atoms in total. The zero-order valence-electron chi connectivity index (χ0n) is 7.10. The van der Waals surface area contributed by atoms with Crippen LogP contribution >= 0.6 is 0 Å². The molecule has 1 aliphatic rings. The number of halogens is 3. The second-order valence-corrected chi connectivity index (χ2v) is 3.41. The Bertz CT molecular complexity index is 148. The Labute approximate surface area is 70.3 Å². The van der Waals surface area contributed by atoms with E-state index in [0.29, 0.717) is 12.8 Å². The lowest BCUT2D eigenvalue weighted by Crippen LogP contribution is -2.31. The van der Waals surface area contributed by atoms with Gasteiger partial charge in [0.05, 0.1) is 6.10 Å². The van der Waals surface area contributed by atoms with Gasteiger partial charge in [-0.2, -0.15) is 0 Å². The summed E-state index contributed by atoms with van der Waals surface area (Å²) in [5.41, 5.74) is 0. The van der Waals surface area contributed by atoms with Crippen molar-refractivity contribution in [3.8, 4) is 0 Å². The molecule has 0 bridgehead atoms. The quantitative estimate of drug-likeness (QED) is 0.595. The van der Waals surface area contributed by atoms with Crippen LogP contribution in [0.1, 0.15) is 25.7 Å². The second-order valence-electron chi connectivity index (χ2n) is 3.41. The molecule has 0 aromatic carbocycles. The fourth-order valence-electron chi connectivity index (χ4n) is 1.74. The molecule has 0 N–H and O–H groups in total. The average Bonchev–Trinajstić information content (AvgIpc) is 2.03. The molecule has 1 rings (SSSR count). The van der Waals surface area contributed by atoms with E-state index in [1.807, 2.05) is 0 Å². The van der Waals surface area contributed by atoms with E-state index >= 15 is 0 Å². The normalized spacial score (nSPS) is 32.0. The Kier molecular flexibility index (Phi) is 3.04. The fourth-order valence-corrected chi connectivity index (χ4v) is 1.74. The molecule has 2 unspecified atom stereocenters. The van der Waals surface area contributed by atoms with Gasteiger partial charge in [-0.25, -0.2) is 0 Å². The molecular weight excluding hydrogens is 168 g/mol. The van der Waals surface area contributed by atoms with Crippen molar-refractivity contribution in [2.45, 2.75) is 37.6 Å². The molecular formula is C7H13BF3O-. The Hall–Kier alpha value is -0.185. The summed E-state index contributed by atoms with van der Waals surface area (Å²) in [6.45, 7) is -4.64. The van der Waals surface area contributed by atoms with Crippen molar-refractivity contribution >= 4 is 6.98 Å². The Balaban J connectivity index is 2.46. The van der Waals surface area contributed by atoms with E-state index in [2.05, 4.69) is 0 Å². The van der Waals surface area contributed by atoms with Gasteiger partial charge in [-0.1, -0.05) is 18.7 Å². The maximum atomic E-state index is 12.3. The van der Waals surface area contributed by atoms with Gasteiger partial charge in [0.1, 0.15) is 0 Å². The molecule has 0 saturated heterocycles. The molecule has 0 aromatic rings. The minimum Gasteiger partial charge on any atom is -0.449 e. The van der Waals surface area contributed by atoms with Crippen LogP contribution in [0.4, 0.5) is 12.9 Å². The van der Waals surface area contributed by atoms with Gasteiger partial charge in [0.2, 0.25) is 0 Å². The molecule has 0 spiro atoms. The summed E-state index contributed by atoms with van der Waals surface area (Å²) in [5.74, 6) is -1.08. The van der Waals surface area contributed by atoms with Gasteiger partial charge in [0.25, 0.3) is 0 Å². The predicted molar refractivity (Wildman–Crippen MR) is 42.1 cm³/mol. The summed E-state index contributed by atoms with van der Waals surface area (Å²) in [7, 11) is 1.48. The third kappa shape index (κ3) is 2.40. The van der Waals surface area contributed by atoms with E-state index in [4.69, 9.17) is 4.74 Å². The largest absolute Gasteiger partial charge is 0.481 e. The van der Waals surface area contributed by atoms with Crippen molar-refractivity contribution in [3.05, 3.63) is 0 Å². The molecule has 1 saturated carbocycles. The van der Waals surface area contributed by atoms with Crippen molar-refractivity contribution in [1.82, 2.24) is 0 Å². The zero-order chi connectivity index (χ0) is 9.19. The minimum absolute atomic E-state index is 0.167. The van der Waals surface area contributed by atoms with Gasteiger partial charge in [-0.05, 0) is 12.8 Å². The standard InChI is InChI=1S/C7H13BF3O/c1-12-7-4-2-3-6(5-7)8(9,10)11/h6-7H,2-5H2,1H3/q-1. The summed E-state index contributed by atoms with van der Waals surface area (Å²) in [6.07, 6.45) is 1.71. The highest BCUT2D eigenvalue weighted by Crippen LogP contribution is 2.39. The zero-order valence-corrected chi connectivity index (χ0v) is 7.10. The average molecular weight is 181 g/mol. The van der Waals surface area contributed by atoms with Crippen molar-refractivity contribution in [2.24, 2.45) is 0 Å². The van der Waals surface area contributed by atoms with Crippen LogP contribution in [0.5, 0.6) is 0 Å². The molecule has 5 heteroatoms. The van der Waals surface area contributed by atoms with E-state index in [9.17, 15) is 12.9 Å². The summed E-state index contributed by atoms with van der Waals surface area (Å²) >= 11 is 0. The van der Waals surface area contributed by atoms with E-state index in [1.54, 1.807) is 0 Å². The number of hydrogen-bond donors (Lipinski definition) is 0. The van der Waals surface area contributed by atoms with E-state index in [-0.39, 0.29) is 12.5 Å². The molecule has 1 fully saturated rings. The van der Waals surface area contributed by atoms with E-state index in [1.165, 1.54) is 7.11 Å². The van der Waals surface area contributed by atoms with Gasteiger partial charge in [0, 0.05) is 7.11 Å². The highest BCUT2D eigenvalue weighted by atomic mass is 19.4. The maximum absolute atomic E-state index is 12.3.